The second-order valence-corrected chi connectivity index (χ2v) is 6.60. The van der Waals surface area contributed by atoms with Gasteiger partial charge in [0.1, 0.15) is 17.3 Å². The van der Waals surface area contributed by atoms with E-state index in [0.717, 1.165) is 0 Å². The summed E-state index contributed by atoms with van der Waals surface area (Å²) < 4.78 is 53.4. The molecule has 4 N–H and O–H groups in total. The maximum atomic E-state index is 14.6. The minimum Gasteiger partial charge on any atom is -0.507 e. The molecule has 3 aromatic rings. The number of rotatable bonds is 5. The Bertz CT molecular complexity index is 1160. The van der Waals surface area contributed by atoms with E-state index in [1.165, 1.54) is 6.07 Å². The number of aromatic hydroxyl groups is 1. The van der Waals surface area contributed by atoms with Gasteiger partial charge in [0.05, 0.1) is 23.8 Å². The zero-order valence-corrected chi connectivity index (χ0v) is 16.1. The molecule has 0 spiro atoms. The lowest BCUT2D eigenvalue weighted by atomic mass is 10.00. The first-order chi connectivity index (χ1) is 14.7. The first kappa shape index (κ1) is 22.3. The van der Waals surface area contributed by atoms with Crippen LogP contribution in [0.2, 0.25) is 0 Å². The molecule has 10 heteroatoms. The average molecular weight is 435 g/mol. The molecule has 3 rings (SSSR count). The van der Waals surface area contributed by atoms with Crippen LogP contribution >= 0.6 is 0 Å². The summed E-state index contributed by atoms with van der Waals surface area (Å²) in [5.41, 5.74) is -1.44. The van der Waals surface area contributed by atoms with Crippen LogP contribution in [0.15, 0.2) is 30.3 Å². The van der Waals surface area contributed by atoms with Crippen LogP contribution in [0.25, 0.3) is 22.0 Å². The predicted molar refractivity (Wildman–Crippen MR) is 106 cm³/mol. The van der Waals surface area contributed by atoms with Gasteiger partial charge in [-0.05, 0) is 31.2 Å². The maximum absolute atomic E-state index is 14.6. The van der Waals surface area contributed by atoms with Crippen molar-refractivity contribution in [1.82, 2.24) is 10.2 Å². The SMILES string of the molecule is CC#Cc1ccc2c(-c3c(O)cc(C(F)(F)F)cc3F)nnc(NC[C@H](O)CO)c2c1. The first-order valence-electron chi connectivity index (χ1n) is 9.01. The number of aliphatic hydroxyl groups excluding tert-OH is 2. The summed E-state index contributed by atoms with van der Waals surface area (Å²) in [5, 5.41) is 40.0. The number of aromatic nitrogens is 2. The maximum Gasteiger partial charge on any atom is 0.416 e. The molecular weight excluding hydrogens is 418 g/mol. The number of hydrogen-bond acceptors (Lipinski definition) is 6. The van der Waals surface area contributed by atoms with Gasteiger partial charge in [-0.3, -0.25) is 0 Å². The molecule has 0 unspecified atom stereocenters. The molecule has 0 amide bonds. The molecule has 162 valence electrons. The van der Waals surface area contributed by atoms with E-state index in [-0.39, 0.29) is 29.5 Å². The molecule has 0 fully saturated rings. The fraction of sp³-hybridized carbons (Fsp3) is 0.238. The van der Waals surface area contributed by atoms with Crippen molar-refractivity contribution < 1.29 is 32.9 Å². The Hall–Kier alpha value is -3.42. The van der Waals surface area contributed by atoms with E-state index in [4.69, 9.17) is 5.11 Å². The number of anilines is 1. The quantitative estimate of drug-likeness (QED) is 0.363. The molecule has 0 aliphatic heterocycles. The lowest BCUT2D eigenvalue weighted by Crippen LogP contribution is -2.23. The van der Waals surface area contributed by atoms with Gasteiger partial charge in [0.2, 0.25) is 0 Å². The predicted octanol–water partition coefficient (Wildman–Crippen LogP) is 3.30. The summed E-state index contributed by atoms with van der Waals surface area (Å²) in [5.74, 6) is 3.51. The van der Waals surface area contributed by atoms with Crippen LogP contribution in [0.3, 0.4) is 0 Å². The van der Waals surface area contributed by atoms with Gasteiger partial charge in [-0.1, -0.05) is 12.0 Å². The van der Waals surface area contributed by atoms with Gasteiger partial charge in [0, 0.05) is 22.9 Å². The van der Waals surface area contributed by atoms with Crippen molar-refractivity contribution in [1.29, 1.82) is 0 Å². The minimum atomic E-state index is -4.83. The van der Waals surface area contributed by atoms with Crippen LogP contribution in [-0.4, -0.2) is 44.8 Å². The van der Waals surface area contributed by atoms with Gasteiger partial charge in [0.15, 0.2) is 5.82 Å². The van der Waals surface area contributed by atoms with Crippen LogP contribution in [0.1, 0.15) is 18.1 Å². The number of phenolic OH excluding ortho intramolecular Hbond substituents is 1. The van der Waals surface area contributed by atoms with E-state index in [9.17, 15) is 27.8 Å². The smallest absolute Gasteiger partial charge is 0.416 e. The number of nitrogens with zero attached hydrogens (tertiary/aromatic N) is 2. The molecule has 0 aliphatic rings. The van der Waals surface area contributed by atoms with E-state index in [0.29, 0.717) is 17.0 Å². The summed E-state index contributed by atoms with van der Waals surface area (Å²) >= 11 is 0. The number of halogens is 4. The minimum absolute atomic E-state index is 0.0663. The third-order valence-electron chi connectivity index (χ3n) is 4.40. The normalized spacial score (nSPS) is 12.4. The van der Waals surface area contributed by atoms with E-state index in [1.54, 1.807) is 19.1 Å². The summed E-state index contributed by atoms with van der Waals surface area (Å²) in [6.45, 7) is 1.07. The van der Waals surface area contributed by atoms with Crippen molar-refractivity contribution in [3.05, 3.63) is 47.3 Å². The van der Waals surface area contributed by atoms with Gasteiger partial charge in [-0.25, -0.2) is 4.39 Å². The van der Waals surface area contributed by atoms with Crippen molar-refractivity contribution >= 4 is 16.6 Å². The van der Waals surface area contributed by atoms with Crippen LogP contribution in [0.4, 0.5) is 23.4 Å². The lowest BCUT2D eigenvalue weighted by molar-refractivity contribution is -0.137. The molecule has 2 aromatic carbocycles. The second-order valence-electron chi connectivity index (χ2n) is 6.60. The van der Waals surface area contributed by atoms with Gasteiger partial charge in [-0.2, -0.15) is 13.2 Å². The number of aliphatic hydroxyl groups is 2. The molecule has 1 aromatic heterocycles. The van der Waals surface area contributed by atoms with Crippen molar-refractivity contribution in [3.8, 4) is 28.8 Å². The molecule has 31 heavy (non-hydrogen) atoms. The van der Waals surface area contributed by atoms with Gasteiger partial charge >= 0.3 is 6.18 Å². The fourth-order valence-corrected chi connectivity index (χ4v) is 2.96. The largest absolute Gasteiger partial charge is 0.507 e. The second kappa shape index (κ2) is 8.75. The number of benzene rings is 2. The molecule has 6 nitrogen and oxygen atoms in total. The zero-order valence-electron chi connectivity index (χ0n) is 16.1. The highest BCUT2D eigenvalue weighted by Crippen LogP contribution is 2.40. The molecule has 1 atom stereocenters. The summed E-state index contributed by atoms with van der Waals surface area (Å²) in [6, 6.07) is 5.45. The summed E-state index contributed by atoms with van der Waals surface area (Å²) in [7, 11) is 0. The lowest BCUT2D eigenvalue weighted by Gasteiger charge is -2.15. The number of hydrogen-bond donors (Lipinski definition) is 4. The van der Waals surface area contributed by atoms with Gasteiger partial charge in [-0.15, -0.1) is 16.1 Å². The summed E-state index contributed by atoms with van der Waals surface area (Å²) in [6.07, 6.45) is -5.91. The van der Waals surface area contributed by atoms with Crippen molar-refractivity contribution in [2.45, 2.75) is 19.2 Å². The van der Waals surface area contributed by atoms with E-state index in [1.807, 2.05) is 0 Å². The highest BCUT2D eigenvalue weighted by atomic mass is 19.4. The van der Waals surface area contributed by atoms with Crippen LogP contribution in [0.5, 0.6) is 5.75 Å². The van der Waals surface area contributed by atoms with Crippen LogP contribution in [0, 0.1) is 17.7 Å². The zero-order chi connectivity index (χ0) is 22.8. The molecule has 1 heterocycles. The number of fused-ring (bicyclic) bond motifs is 1. The molecular formula is C21H17F4N3O3. The monoisotopic (exact) mass is 435 g/mol. The van der Waals surface area contributed by atoms with Gasteiger partial charge in [0.25, 0.3) is 0 Å². The Balaban J connectivity index is 2.21. The van der Waals surface area contributed by atoms with Crippen LogP contribution < -0.4 is 5.32 Å². The molecule has 0 saturated carbocycles. The molecule has 0 radical (unpaired) electrons. The Kier molecular flexibility index (Phi) is 6.29. The van der Waals surface area contributed by atoms with Crippen molar-refractivity contribution in [2.24, 2.45) is 0 Å². The number of nitrogens with one attached hydrogen (secondary N) is 1. The molecule has 0 bridgehead atoms. The fourth-order valence-electron chi connectivity index (χ4n) is 2.96. The van der Waals surface area contributed by atoms with E-state index >= 15 is 0 Å². The Morgan fingerprint density at radius 2 is 1.87 bits per heavy atom. The molecule has 0 saturated heterocycles. The van der Waals surface area contributed by atoms with E-state index < -0.39 is 41.6 Å². The van der Waals surface area contributed by atoms with Gasteiger partial charge < -0.3 is 20.6 Å². The van der Waals surface area contributed by atoms with E-state index in [2.05, 4.69) is 27.4 Å². The number of phenols is 1. The first-order valence-corrected chi connectivity index (χ1v) is 9.01. The van der Waals surface area contributed by atoms with Crippen molar-refractivity contribution in [3.63, 3.8) is 0 Å². The Morgan fingerprint density at radius 1 is 1.13 bits per heavy atom. The average Bonchev–Trinajstić information content (AvgIpc) is 2.71. The third kappa shape index (κ3) is 4.68. The topological polar surface area (TPSA) is 98.5 Å². The van der Waals surface area contributed by atoms with Crippen molar-refractivity contribution in [2.75, 3.05) is 18.5 Å². The standard InChI is InChI=1S/C21H17F4N3O3/c1-2-3-11-4-5-14-15(6-11)20(26-9-13(30)10-29)28-27-19(14)18-16(22)7-12(8-17(18)31)21(23,24)25/h4-8,13,29-31H,9-10H2,1H3,(H,26,28)/t13-/m0/s1. The Labute approximate surface area is 174 Å². The third-order valence-corrected chi connectivity index (χ3v) is 4.40. The van der Waals surface area contributed by atoms with Crippen LogP contribution in [-0.2, 0) is 6.18 Å². The highest BCUT2D eigenvalue weighted by Gasteiger charge is 2.33. The Morgan fingerprint density at radius 3 is 2.48 bits per heavy atom. The number of alkyl halides is 3. The summed E-state index contributed by atoms with van der Waals surface area (Å²) in [4.78, 5) is 0. The molecule has 0 aliphatic carbocycles. The highest BCUT2D eigenvalue weighted by molar-refractivity contribution is 6.01.